The topological polar surface area (TPSA) is 71.1 Å². The van der Waals surface area contributed by atoms with Gasteiger partial charge in [0.1, 0.15) is 11.4 Å². The third-order valence-corrected chi connectivity index (χ3v) is 4.99. The van der Waals surface area contributed by atoms with Gasteiger partial charge in [0.2, 0.25) is 0 Å². The summed E-state index contributed by atoms with van der Waals surface area (Å²) >= 11 is 0. The molecule has 0 radical (unpaired) electrons. The molecule has 1 N–H and O–H groups in total. The van der Waals surface area contributed by atoms with E-state index in [0.717, 1.165) is 42.1 Å². The molecule has 0 bridgehead atoms. The van der Waals surface area contributed by atoms with E-state index in [1.165, 1.54) is 0 Å². The number of hydrogen-bond acceptors (Lipinski definition) is 4. The summed E-state index contributed by atoms with van der Waals surface area (Å²) in [7, 11) is 1.66. The van der Waals surface area contributed by atoms with E-state index in [9.17, 15) is 4.79 Å². The molecule has 0 saturated carbocycles. The van der Waals surface area contributed by atoms with Crippen molar-refractivity contribution in [2.45, 2.75) is 18.8 Å². The molecule has 1 atom stereocenters. The second kappa shape index (κ2) is 7.61. The van der Waals surface area contributed by atoms with Crippen molar-refractivity contribution in [3.05, 3.63) is 66.1 Å². The standard InChI is InChI=1S/C21H22N4O2/c1-27-17-7-2-5-15(13-17)18-8-3-9-19(23-18)16-6-4-12-25(14-16)21(26)20-10-11-22-24-20/h2-3,5,7-11,13,16H,4,6,12,14H2,1H3,(H,22,24)/t16-/m1/s1. The summed E-state index contributed by atoms with van der Waals surface area (Å²) in [6.45, 7) is 1.44. The molecule has 1 aliphatic heterocycles. The molecule has 3 heterocycles. The predicted octanol–water partition coefficient (Wildman–Crippen LogP) is 3.50. The Hall–Kier alpha value is -3.15. The maximum atomic E-state index is 12.6. The monoisotopic (exact) mass is 362 g/mol. The van der Waals surface area contributed by atoms with Crippen LogP contribution in [0.2, 0.25) is 0 Å². The molecule has 4 rings (SSSR count). The Kier molecular flexibility index (Phi) is 4.87. The van der Waals surface area contributed by atoms with Crippen LogP contribution in [0.25, 0.3) is 11.3 Å². The van der Waals surface area contributed by atoms with Gasteiger partial charge >= 0.3 is 0 Å². The van der Waals surface area contributed by atoms with E-state index < -0.39 is 0 Å². The van der Waals surface area contributed by atoms with Crippen LogP contribution in [0.3, 0.4) is 0 Å². The van der Waals surface area contributed by atoms with Gasteiger partial charge in [-0.25, -0.2) is 0 Å². The van der Waals surface area contributed by atoms with E-state index in [2.05, 4.69) is 16.3 Å². The quantitative estimate of drug-likeness (QED) is 0.771. The molecular weight excluding hydrogens is 340 g/mol. The number of pyridine rings is 1. The average Bonchev–Trinajstić information content (AvgIpc) is 3.28. The minimum Gasteiger partial charge on any atom is -0.497 e. The minimum absolute atomic E-state index is 0.00107. The first kappa shape index (κ1) is 17.3. The van der Waals surface area contributed by atoms with Gasteiger partial charge in [0, 0.05) is 36.5 Å². The molecule has 0 unspecified atom stereocenters. The molecule has 0 aliphatic carbocycles. The van der Waals surface area contributed by atoms with Gasteiger partial charge in [0.15, 0.2) is 0 Å². The van der Waals surface area contributed by atoms with Crippen LogP contribution in [0.1, 0.15) is 34.9 Å². The molecule has 6 nitrogen and oxygen atoms in total. The lowest BCUT2D eigenvalue weighted by Gasteiger charge is -2.32. The van der Waals surface area contributed by atoms with Gasteiger partial charge in [-0.15, -0.1) is 0 Å². The number of aromatic amines is 1. The number of rotatable bonds is 4. The number of carbonyl (C=O) groups is 1. The Morgan fingerprint density at radius 1 is 1.22 bits per heavy atom. The maximum absolute atomic E-state index is 12.6. The normalized spacial score (nSPS) is 16.9. The highest BCUT2D eigenvalue weighted by atomic mass is 16.5. The van der Waals surface area contributed by atoms with Crippen molar-refractivity contribution in [1.82, 2.24) is 20.1 Å². The van der Waals surface area contributed by atoms with Crippen LogP contribution in [0.4, 0.5) is 0 Å². The third-order valence-electron chi connectivity index (χ3n) is 4.99. The molecular formula is C21H22N4O2. The van der Waals surface area contributed by atoms with Crippen LogP contribution >= 0.6 is 0 Å². The Labute approximate surface area is 158 Å². The summed E-state index contributed by atoms with van der Waals surface area (Å²) in [4.78, 5) is 19.4. The van der Waals surface area contributed by atoms with E-state index >= 15 is 0 Å². The van der Waals surface area contributed by atoms with Gasteiger partial charge in [0.05, 0.1) is 12.8 Å². The number of carbonyl (C=O) groups excluding carboxylic acids is 1. The molecule has 1 saturated heterocycles. The largest absolute Gasteiger partial charge is 0.497 e. The van der Waals surface area contributed by atoms with Gasteiger partial charge in [-0.1, -0.05) is 18.2 Å². The fourth-order valence-corrected chi connectivity index (χ4v) is 3.57. The fourth-order valence-electron chi connectivity index (χ4n) is 3.57. The van der Waals surface area contributed by atoms with Gasteiger partial charge in [0.25, 0.3) is 5.91 Å². The highest BCUT2D eigenvalue weighted by molar-refractivity contribution is 5.92. The zero-order chi connectivity index (χ0) is 18.6. The molecule has 1 amide bonds. The van der Waals surface area contributed by atoms with Gasteiger partial charge in [-0.3, -0.25) is 14.9 Å². The van der Waals surface area contributed by atoms with Crippen molar-refractivity contribution in [3.63, 3.8) is 0 Å². The Bertz CT molecular complexity index is 923. The molecule has 3 aromatic rings. The predicted molar refractivity (Wildman–Crippen MR) is 103 cm³/mol. The Morgan fingerprint density at radius 3 is 2.93 bits per heavy atom. The fraction of sp³-hybridized carbons (Fsp3) is 0.286. The van der Waals surface area contributed by atoms with Crippen molar-refractivity contribution in [2.24, 2.45) is 0 Å². The molecule has 27 heavy (non-hydrogen) atoms. The van der Waals surface area contributed by atoms with Gasteiger partial charge < -0.3 is 9.64 Å². The van der Waals surface area contributed by atoms with Crippen molar-refractivity contribution >= 4 is 5.91 Å². The molecule has 2 aromatic heterocycles. The zero-order valence-electron chi connectivity index (χ0n) is 15.3. The van der Waals surface area contributed by atoms with Crippen molar-refractivity contribution in [2.75, 3.05) is 20.2 Å². The molecule has 1 aromatic carbocycles. The first-order valence-corrected chi connectivity index (χ1v) is 9.14. The highest BCUT2D eigenvalue weighted by Crippen LogP contribution is 2.29. The Morgan fingerprint density at radius 2 is 2.11 bits per heavy atom. The van der Waals surface area contributed by atoms with Crippen LogP contribution in [0.5, 0.6) is 5.75 Å². The Balaban J connectivity index is 1.55. The molecule has 6 heteroatoms. The van der Waals surface area contributed by atoms with Crippen LogP contribution in [0.15, 0.2) is 54.7 Å². The first-order chi connectivity index (χ1) is 13.2. The summed E-state index contributed by atoms with van der Waals surface area (Å²) in [5.74, 6) is 1.05. The number of hydrogen-bond donors (Lipinski definition) is 1. The second-order valence-electron chi connectivity index (χ2n) is 6.74. The number of H-pyrrole nitrogens is 1. The van der Waals surface area contributed by atoms with Crippen LogP contribution in [-0.4, -0.2) is 46.2 Å². The van der Waals surface area contributed by atoms with Gasteiger partial charge in [-0.2, -0.15) is 5.10 Å². The molecule has 1 fully saturated rings. The number of methoxy groups -OCH3 is 1. The minimum atomic E-state index is 0.00107. The SMILES string of the molecule is COc1cccc(-c2cccc([C@@H]3CCCN(C(=O)c4ccn[nH]4)C3)n2)c1. The third kappa shape index (κ3) is 3.69. The number of aromatic nitrogens is 3. The highest BCUT2D eigenvalue weighted by Gasteiger charge is 2.27. The van der Waals surface area contributed by atoms with E-state index in [1.807, 2.05) is 41.3 Å². The van der Waals surface area contributed by atoms with Crippen LogP contribution in [0, 0.1) is 0 Å². The number of amides is 1. The first-order valence-electron chi connectivity index (χ1n) is 9.14. The number of nitrogens with zero attached hydrogens (tertiary/aromatic N) is 3. The molecule has 1 aliphatic rings. The summed E-state index contributed by atoms with van der Waals surface area (Å²) < 4.78 is 5.32. The number of benzene rings is 1. The van der Waals surface area contributed by atoms with Crippen molar-refractivity contribution in [1.29, 1.82) is 0 Å². The van der Waals surface area contributed by atoms with E-state index in [-0.39, 0.29) is 11.8 Å². The average molecular weight is 362 g/mol. The lowest BCUT2D eigenvalue weighted by Crippen LogP contribution is -2.39. The summed E-state index contributed by atoms with van der Waals surface area (Å²) in [6.07, 6.45) is 3.60. The summed E-state index contributed by atoms with van der Waals surface area (Å²) in [5, 5.41) is 6.64. The number of nitrogens with one attached hydrogen (secondary N) is 1. The second-order valence-corrected chi connectivity index (χ2v) is 6.74. The zero-order valence-corrected chi connectivity index (χ0v) is 15.3. The summed E-state index contributed by atoms with van der Waals surface area (Å²) in [5.41, 5.74) is 3.51. The van der Waals surface area contributed by atoms with E-state index in [4.69, 9.17) is 9.72 Å². The smallest absolute Gasteiger partial charge is 0.271 e. The van der Waals surface area contributed by atoms with E-state index in [0.29, 0.717) is 12.2 Å². The lowest BCUT2D eigenvalue weighted by molar-refractivity contribution is 0.0700. The maximum Gasteiger partial charge on any atom is 0.271 e. The summed E-state index contributed by atoms with van der Waals surface area (Å²) in [6, 6.07) is 15.7. The molecule has 138 valence electrons. The van der Waals surface area contributed by atoms with Gasteiger partial charge in [-0.05, 0) is 43.2 Å². The van der Waals surface area contributed by atoms with E-state index in [1.54, 1.807) is 19.4 Å². The number of likely N-dealkylation sites (tertiary alicyclic amines) is 1. The number of ether oxygens (including phenoxy) is 1. The lowest BCUT2D eigenvalue weighted by atomic mass is 9.93. The van der Waals surface area contributed by atoms with Crippen LogP contribution < -0.4 is 4.74 Å². The molecule has 0 spiro atoms. The number of piperidine rings is 1. The van der Waals surface area contributed by atoms with Crippen LogP contribution in [-0.2, 0) is 0 Å². The van der Waals surface area contributed by atoms with Crippen molar-refractivity contribution < 1.29 is 9.53 Å². The van der Waals surface area contributed by atoms with Crippen molar-refractivity contribution in [3.8, 4) is 17.0 Å².